The molecule has 3 aromatic rings. The molecule has 1 aromatic heterocycles. The number of aromatic amines is 1. The number of H-pyrrole nitrogens is 1. The molecule has 0 saturated carbocycles. The van der Waals surface area contributed by atoms with E-state index in [1.165, 1.54) is 36.0 Å². The first-order chi connectivity index (χ1) is 17.3. The average Bonchev–Trinajstić information content (AvgIpc) is 3.48. The molecule has 2 saturated heterocycles. The highest BCUT2D eigenvalue weighted by Gasteiger charge is 2.63. The normalized spacial score (nSPS) is 22.6. The summed E-state index contributed by atoms with van der Waals surface area (Å²) in [6, 6.07) is 15.3. The highest BCUT2D eigenvalue weighted by Crippen LogP contribution is 2.56. The third-order valence-corrected chi connectivity index (χ3v) is 7.76. The Kier molecular flexibility index (Phi) is 5.93. The molecule has 0 radical (unpaired) electrons. The lowest BCUT2D eigenvalue weighted by Gasteiger charge is -2.44. The van der Waals surface area contributed by atoms with Crippen LogP contribution in [0.3, 0.4) is 0 Å². The minimum atomic E-state index is -1.29. The molecule has 2 N–H and O–H groups in total. The zero-order valence-electron chi connectivity index (χ0n) is 19.3. The number of amides is 2. The van der Waals surface area contributed by atoms with Crippen molar-refractivity contribution >= 4 is 29.5 Å². The van der Waals surface area contributed by atoms with E-state index in [0.29, 0.717) is 17.0 Å². The highest BCUT2D eigenvalue weighted by molar-refractivity contribution is 8.01. The van der Waals surface area contributed by atoms with Crippen molar-refractivity contribution in [3.63, 3.8) is 0 Å². The number of carbonyl (C=O) groups is 3. The Morgan fingerprint density at radius 3 is 2.56 bits per heavy atom. The van der Waals surface area contributed by atoms with Crippen molar-refractivity contribution in [2.24, 2.45) is 0 Å². The van der Waals surface area contributed by atoms with E-state index in [1.54, 1.807) is 35.2 Å². The standard InChI is InChI=1S/C24H21N7O4S/c1-24(2)18(19-27-29-30-28-19)31-21(33)17(22(31)36-24)26-20(32)16(14-6-4-3-5-7-14)23(34)35-15-10-8-13(12-25)9-11-15/h3-11,16-18,22H,1-2H3,(H,26,32)(H,27,28,29,30)/t16?,17?,18?,22-/m0/s1. The van der Waals surface area contributed by atoms with Crippen LogP contribution in [0.5, 0.6) is 5.75 Å². The van der Waals surface area contributed by atoms with E-state index < -0.39 is 28.6 Å². The van der Waals surface area contributed by atoms with Crippen molar-refractivity contribution in [2.75, 3.05) is 0 Å². The van der Waals surface area contributed by atoms with Gasteiger partial charge in [-0.3, -0.25) is 14.4 Å². The number of esters is 1. The van der Waals surface area contributed by atoms with Crippen LogP contribution in [-0.2, 0) is 14.4 Å². The van der Waals surface area contributed by atoms with Gasteiger partial charge in [0, 0.05) is 4.75 Å². The average molecular weight is 504 g/mol. The molecule has 3 heterocycles. The Morgan fingerprint density at radius 1 is 1.19 bits per heavy atom. The molecule has 182 valence electrons. The topological polar surface area (TPSA) is 154 Å². The number of rotatable bonds is 6. The maximum atomic E-state index is 13.4. The SMILES string of the molecule is CC1(C)S[C@H]2C(NC(=O)C(C(=O)Oc3ccc(C#N)cc3)c3ccccc3)C(=O)N2C1c1nnn[nH]1. The largest absolute Gasteiger partial charge is 0.426 e. The van der Waals surface area contributed by atoms with Crippen molar-refractivity contribution in [1.82, 2.24) is 30.8 Å². The fraction of sp³-hybridized carbons (Fsp3) is 0.292. The van der Waals surface area contributed by atoms with Crippen LogP contribution in [-0.4, -0.2) is 59.5 Å². The zero-order valence-corrected chi connectivity index (χ0v) is 20.1. The van der Waals surface area contributed by atoms with Gasteiger partial charge in [-0.15, -0.1) is 16.9 Å². The first-order valence-corrected chi connectivity index (χ1v) is 12.0. The molecule has 11 nitrogen and oxygen atoms in total. The smallest absolute Gasteiger partial charge is 0.328 e. The van der Waals surface area contributed by atoms with Gasteiger partial charge in [0.25, 0.3) is 0 Å². The van der Waals surface area contributed by atoms with E-state index >= 15 is 0 Å². The number of aromatic nitrogens is 4. The second kappa shape index (κ2) is 9.09. The summed E-state index contributed by atoms with van der Waals surface area (Å²) in [5, 5.41) is 25.4. The quantitative estimate of drug-likeness (QED) is 0.221. The molecule has 2 fully saturated rings. The predicted molar refractivity (Wildman–Crippen MR) is 127 cm³/mol. The molecule has 0 aliphatic carbocycles. The number of thioether (sulfide) groups is 1. The Morgan fingerprint density at radius 2 is 1.92 bits per heavy atom. The molecule has 36 heavy (non-hydrogen) atoms. The molecule has 5 rings (SSSR count). The van der Waals surface area contributed by atoms with Crippen molar-refractivity contribution in [1.29, 1.82) is 5.26 Å². The maximum Gasteiger partial charge on any atom is 0.328 e. The lowest BCUT2D eigenvalue weighted by atomic mass is 9.94. The first-order valence-electron chi connectivity index (χ1n) is 11.1. The summed E-state index contributed by atoms with van der Waals surface area (Å²) in [5.41, 5.74) is 0.846. The Hall–Kier alpha value is -4.24. The number of benzene rings is 2. The lowest BCUT2D eigenvalue weighted by molar-refractivity contribution is -0.153. The molecule has 0 bridgehead atoms. The molecule has 2 amide bonds. The van der Waals surface area contributed by atoms with E-state index in [1.807, 2.05) is 19.9 Å². The van der Waals surface area contributed by atoms with Crippen LogP contribution in [0.4, 0.5) is 0 Å². The monoisotopic (exact) mass is 503 g/mol. The second-order valence-electron chi connectivity index (χ2n) is 8.93. The Balaban J connectivity index is 1.35. The highest BCUT2D eigenvalue weighted by atomic mass is 32.2. The van der Waals surface area contributed by atoms with E-state index in [-0.39, 0.29) is 23.1 Å². The second-order valence-corrected chi connectivity index (χ2v) is 10.7. The number of ether oxygens (including phenoxy) is 1. The van der Waals surface area contributed by atoms with Gasteiger partial charge in [-0.25, -0.2) is 5.10 Å². The van der Waals surface area contributed by atoms with Gasteiger partial charge in [0.05, 0.1) is 11.6 Å². The predicted octanol–water partition coefficient (Wildman–Crippen LogP) is 1.68. The van der Waals surface area contributed by atoms with Gasteiger partial charge in [0.15, 0.2) is 11.7 Å². The van der Waals surface area contributed by atoms with Gasteiger partial charge in [0.2, 0.25) is 11.8 Å². The van der Waals surface area contributed by atoms with Crippen molar-refractivity contribution in [3.05, 3.63) is 71.5 Å². The van der Waals surface area contributed by atoms with Crippen molar-refractivity contribution in [3.8, 4) is 11.8 Å². The van der Waals surface area contributed by atoms with Crippen molar-refractivity contribution in [2.45, 2.75) is 42.0 Å². The van der Waals surface area contributed by atoms with Gasteiger partial charge in [0.1, 0.15) is 23.2 Å². The number of fused-ring (bicyclic) bond motifs is 1. The summed E-state index contributed by atoms with van der Waals surface area (Å²) in [4.78, 5) is 41.3. The third-order valence-electron chi connectivity index (χ3n) is 6.19. The number of tetrazole rings is 1. The van der Waals surface area contributed by atoms with Crippen LogP contribution < -0.4 is 10.1 Å². The van der Waals surface area contributed by atoms with Crippen LogP contribution in [0.2, 0.25) is 0 Å². The summed E-state index contributed by atoms with van der Waals surface area (Å²) in [6.45, 7) is 3.97. The summed E-state index contributed by atoms with van der Waals surface area (Å²) in [5.74, 6) is -2.33. The van der Waals surface area contributed by atoms with Crippen LogP contribution in [0.15, 0.2) is 54.6 Å². The third kappa shape index (κ3) is 4.07. The van der Waals surface area contributed by atoms with Crippen LogP contribution in [0.25, 0.3) is 0 Å². The van der Waals surface area contributed by atoms with Crippen LogP contribution >= 0.6 is 11.8 Å². The number of nitrogens with one attached hydrogen (secondary N) is 2. The van der Waals surface area contributed by atoms with Gasteiger partial charge in [-0.1, -0.05) is 30.3 Å². The van der Waals surface area contributed by atoms with Crippen molar-refractivity contribution < 1.29 is 19.1 Å². The van der Waals surface area contributed by atoms with Gasteiger partial charge in [-0.2, -0.15) is 5.26 Å². The molecule has 2 aliphatic heterocycles. The van der Waals surface area contributed by atoms with Gasteiger partial charge < -0.3 is 15.0 Å². The number of hydrogen-bond acceptors (Lipinski definition) is 9. The molecule has 12 heteroatoms. The fourth-order valence-electron chi connectivity index (χ4n) is 4.52. The molecule has 0 spiro atoms. The summed E-state index contributed by atoms with van der Waals surface area (Å²) in [6.07, 6.45) is 0. The number of β-lactam (4-membered cyclic amide) rings is 1. The number of hydrogen-bond donors (Lipinski definition) is 2. The molecule has 3 unspecified atom stereocenters. The van der Waals surface area contributed by atoms with Crippen LogP contribution in [0.1, 0.15) is 42.8 Å². The van der Waals surface area contributed by atoms with Crippen LogP contribution in [0, 0.1) is 11.3 Å². The Labute approximate surface area is 210 Å². The maximum absolute atomic E-state index is 13.4. The molecule has 2 aromatic carbocycles. The summed E-state index contributed by atoms with van der Waals surface area (Å²) >= 11 is 1.53. The number of nitrogens with zero attached hydrogens (tertiary/aromatic N) is 5. The fourth-order valence-corrected chi connectivity index (χ4v) is 6.16. The van der Waals surface area contributed by atoms with Gasteiger partial charge >= 0.3 is 5.97 Å². The van der Waals surface area contributed by atoms with E-state index in [0.717, 1.165) is 0 Å². The minimum absolute atomic E-state index is 0.204. The van der Waals surface area contributed by atoms with E-state index in [9.17, 15) is 14.4 Å². The minimum Gasteiger partial charge on any atom is -0.426 e. The van der Waals surface area contributed by atoms with E-state index in [2.05, 4.69) is 25.9 Å². The summed E-state index contributed by atoms with van der Waals surface area (Å²) in [7, 11) is 0. The zero-order chi connectivity index (χ0) is 25.4. The molecule has 4 atom stereocenters. The van der Waals surface area contributed by atoms with Gasteiger partial charge in [-0.05, 0) is 54.1 Å². The van der Waals surface area contributed by atoms with E-state index in [4.69, 9.17) is 10.00 Å². The molecular formula is C24H21N7O4S. The first kappa shape index (κ1) is 23.5. The Bertz CT molecular complexity index is 1340. The molecule has 2 aliphatic rings. The number of nitriles is 1. The summed E-state index contributed by atoms with van der Waals surface area (Å²) < 4.78 is 5.05. The number of carbonyl (C=O) groups excluding carboxylic acids is 3. The lowest BCUT2D eigenvalue weighted by Crippen LogP contribution is -2.68. The molecular weight excluding hydrogens is 482 g/mol.